The number of piperazine rings is 1. The predicted molar refractivity (Wildman–Crippen MR) is 111 cm³/mol. The Morgan fingerprint density at radius 1 is 1.17 bits per heavy atom. The lowest BCUT2D eigenvalue weighted by molar-refractivity contribution is 0.270. The number of benzene rings is 2. The first kappa shape index (κ1) is 21.0. The first-order valence-electron chi connectivity index (χ1n) is 9.38. The Morgan fingerprint density at radius 2 is 1.90 bits per heavy atom. The van der Waals surface area contributed by atoms with E-state index in [4.69, 9.17) is 5.14 Å². The molecule has 0 bridgehead atoms. The molecule has 154 valence electrons. The molecule has 29 heavy (non-hydrogen) atoms. The summed E-state index contributed by atoms with van der Waals surface area (Å²) < 4.78 is 37.5. The monoisotopic (exact) mass is 417 g/mol. The van der Waals surface area contributed by atoms with Gasteiger partial charge in [0.05, 0.1) is 21.8 Å². The zero-order chi connectivity index (χ0) is 21.0. The quantitative estimate of drug-likeness (QED) is 0.746. The van der Waals surface area contributed by atoms with Gasteiger partial charge in [0.1, 0.15) is 11.9 Å². The molecule has 0 spiro atoms. The molecule has 0 radical (unpaired) electrons. The second kappa shape index (κ2) is 8.78. The average molecular weight is 418 g/mol. The lowest BCUT2D eigenvalue weighted by atomic mass is 10.1. The molecule has 1 aliphatic rings. The Labute approximate surface area is 170 Å². The van der Waals surface area contributed by atoms with E-state index in [0.717, 1.165) is 38.3 Å². The summed E-state index contributed by atoms with van der Waals surface area (Å²) in [6, 6.07) is 11.1. The number of nitriles is 1. The van der Waals surface area contributed by atoms with Crippen LogP contribution in [0.5, 0.6) is 0 Å². The van der Waals surface area contributed by atoms with Gasteiger partial charge in [0.15, 0.2) is 0 Å². The molecular weight excluding hydrogens is 393 g/mol. The Balaban J connectivity index is 1.69. The smallest absolute Gasteiger partial charge is 0.238 e. The van der Waals surface area contributed by atoms with Gasteiger partial charge >= 0.3 is 0 Å². The molecule has 2 aromatic rings. The Morgan fingerprint density at radius 3 is 2.48 bits per heavy atom. The Hall–Kier alpha value is -2.67. The van der Waals surface area contributed by atoms with Crippen molar-refractivity contribution in [1.82, 2.24) is 4.90 Å². The van der Waals surface area contributed by atoms with Crippen LogP contribution >= 0.6 is 0 Å². The number of halogens is 1. The minimum absolute atomic E-state index is 0.127. The maximum Gasteiger partial charge on any atom is 0.238 e. The van der Waals surface area contributed by atoms with Gasteiger partial charge in [-0.05, 0) is 42.4 Å². The highest BCUT2D eigenvalue weighted by atomic mass is 32.2. The first-order chi connectivity index (χ1) is 13.8. The summed E-state index contributed by atoms with van der Waals surface area (Å²) in [5, 5.41) is 17.4. The van der Waals surface area contributed by atoms with Crippen LogP contribution in [0.3, 0.4) is 0 Å². The highest BCUT2D eigenvalue weighted by Crippen LogP contribution is 2.24. The number of rotatable bonds is 6. The Kier molecular flexibility index (Phi) is 6.37. The second-order valence-electron chi connectivity index (χ2n) is 6.92. The van der Waals surface area contributed by atoms with E-state index in [1.165, 1.54) is 24.3 Å². The molecule has 0 atom stereocenters. The lowest BCUT2D eigenvalue weighted by Gasteiger charge is -2.35. The number of nitrogens with one attached hydrogen (secondary N) is 1. The summed E-state index contributed by atoms with van der Waals surface area (Å²) in [6.07, 6.45) is 0. The van der Waals surface area contributed by atoms with Crippen LogP contribution in [0.25, 0.3) is 0 Å². The van der Waals surface area contributed by atoms with Crippen LogP contribution in [0, 0.1) is 17.1 Å². The van der Waals surface area contributed by atoms with Crippen molar-refractivity contribution in [1.29, 1.82) is 5.26 Å². The van der Waals surface area contributed by atoms with E-state index < -0.39 is 10.0 Å². The number of nitrogens with two attached hydrogens (primary N) is 1. The standard InChI is InChI=1S/C20H24FN5O2S/c1-2-25-7-9-26(10-8-25)20-6-3-15(11-18(20)21)14-24-19-5-4-17(29(23,27)28)12-16(19)13-22/h3-6,11-12,24H,2,7-10,14H2,1H3,(H2,23,27,28). The van der Waals surface area contributed by atoms with Gasteiger partial charge in [-0.3, -0.25) is 0 Å². The summed E-state index contributed by atoms with van der Waals surface area (Å²) >= 11 is 0. The zero-order valence-corrected chi connectivity index (χ0v) is 17.0. The molecule has 1 aliphatic heterocycles. The molecular formula is C20H24FN5O2S. The van der Waals surface area contributed by atoms with Gasteiger partial charge < -0.3 is 15.1 Å². The van der Waals surface area contributed by atoms with E-state index in [9.17, 15) is 18.1 Å². The van der Waals surface area contributed by atoms with Crippen molar-refractivity contribution in [2.24, 2.45) is 5.14 Å². The summed E-state index contributed by atoms with van der Waals surface area (Å²) in [7, 11) is -3.88. The molecule has 0 amide bonds. The van der Waals surface area contributed by atoms with Gasteiger partial charge in [0.2, 0.25) is 10.0 Å². The van der Waals surface area contributed by atoms with Gasteiger partial charge in [0.25, 0.3) is 0 Å². The van der Waals surface area contributed by atoms with Crippen molar-refractivity contribution in [2.45, 2.75) is 18.4 Å². The van der Waals surface area contributed by atoms with E-state index in [-0.39, 0.29) is 16.3 Å². The molecule has 9 heteroatoms. The first-order valence-corrected chi connectivity index (χ1v) is 10.9. The third-order valence-corrected chi connectivity index (χ3v) is 6.01. The maximum atomic E-state index is 14.7. The average Bonchev–Trinajstić information content (AvgIpc) is 2.71. The van der Waals surface area contributed by atoms with Gasteiger partial charge in [-0.1, -0.05) is 13.0 Å². The second-order valence-corrected chi connectivity index (χ2v) is 8.49. The molecule has 0 aliphatic carbocycles. The van der Waals surface area contributed by atoms with Crippen molar-refractivity contribution in [2.75, 3.05) is 42.9 Å². The third kappa shape index (κ3) is 5.03. The van der Waals surface area contributed by atoms with Crippen LogP contribution in [0.1, 0.15) is 18.1 Å². The van der Waals surface area contributed by atoms with Crippen molar-refractivity contribution in [3.63, 3.8) is 0 Å². The highest BCUT2D eigenvalue weighted by molar-refractivity contribution is 7.89. The predicted octanol–water partition coefficient (Wildman–Crippen LogP) is 2.10. The van der Waals surface area contributed by atoms with Gasteiger partial charge in [-0.25, -0.2) is 17.9 Å². The fourth-order valence-corrected chi connectivity index (χ4v) is 3.91. The topological polar surface area (TPSA) is 102 Å². The van der Waals surface area contributed by atoms with Gasteiger partial charge in [-0.15, -0.1) is 0 Å². The Bertz CT molecular complexity index is 1030. The SMILES string of the molecule is CCN1CCN(c2ccc(CNc3ccc(S(N)(=O)=O)cc3C#N)cc2F)CC1. The molecule has 0 saturated carbocycles. The van der Waals surface area contributed by atoms with Crippen LogP contribution < -0.4 is 15.4 Å². The van der Waals surface area contributed by atoms with Crippen molar-refractivity contribution >= 4 is 21.4 Å². The number of sulfonamides is 1. The molecule has 3 N–H and O–H groups in total. The van der Waals surface area contributed by atoms with Gasteiger partial charge in [0, 0.05) is 32.7 Å². The number of primary sulfonamides is 1. The van der Waals surface area contributed by atoms with Crippen LogP contribution in [0.15, 0.2) is 41.3 Å². The molecule has 1 fully saturated rings. The normalized spacial score (nSPS) is 15.2. The summed E-state index contributed by atoms with van der Waals surface area (Å²) in [6.45, 7) is 6.86. The van der Waals surface area contributed by atoms with Crippen LogP contribution in [0.4, 0.5) is 15.8 Å². The van der Waals surface area contributed by atoms with E-state index in [0.29, 0.717) is 17.9 Å². The largest absolute Gasteiger partial charge is 0.380 e. The summed E-state index contributed by atoms with van der Waals surface area (Å²) in [5.74, 6) is -0.278. The zero-order valence-electron chi connectivity index (χ0n) is 16.2. The minimum atomic E-state index is -3.88. The molecule has 2 aromatic carbocycles. The summed E-state index contributed by atoms with van der Waals surface area (Å²) in [4.78, 5) is 4.26. The minimum Gasteiger partial charge on any atom is -0.380 e. The molecule has 0 aromatic heterocycles. The van der Waals surface area contributed by atoms with Crippen LogP contribution in [-0.4, -0.2) is 46.0 Å². The van der Waals surface area contributed by atoms with E-state index in [1.807, 2.05) is 12.1 Å². The van der Waals surface area contributed by atoms with E-state index >= 15 is 0 Å². The van der Waals surface area contributed by atoms with E-state index in [1.54, 1.807) is 6.07 Å². The fraction of sp³-hybridized carbons (Fsp3) is 0.350. The van der Waals surface area contributed by atoms with Crippen molar-refractivity contribution in [3.05, 3.63) is 53.3 Å². The molecule has 7 nitrogen and oxygen atoms in total. The van der Waals surface area contributed by atoms with E-state index in [2.05, 4.69) is 22.0 Å². The molecule has 3 rings (SSSR count). The van der Waals surface area contributed by atoms with Crippen molar-refractivity contribution < 1.29 is 12.8 Å². The molecule has 1 saturated heterocycles. The molecule has 0 unspecified atom stereocenters. The number of nitrogens with zero attached hydrogens (tertiary/aromatic N) is 3. The fourth-order valence-electron chi connectivity index (χ4n) is 3.37. The van der Waals surface area contributed by atoms with Crippen molar-refractivity contribution in [3.8, 4) is 6.07 Å². The molecule has 1 heterocycles. The number of anilines is 2. The van der Waals surface area contributed by atoms with Crippen LogP contribution in [0.2, 0.25) is 0 Å². The van der Waals surface area contributed by atoms with Crippen LogP contribution in [-0.2, 0) is 16.6 Å². The maximum absolute atomic E-state index is 14.7. The summed E-state index contributed by atoms with van der Waals surface area (Å²) in [5.41, 5.74) is 1.93. The van der Waals surface area contributed by atoms with Gasteiger partial charge in [-0.2, -0.15) is 5.26 Å². The highest BCUT2D eigenvalue weighted by Gasteiger charge is 2.18. The lowest BCUT2D eigenvalue weighted by Crippen LogP contribution is -2.46. The third-order valence-electron chi connectivity index (χ3n) is 5.10. The number of likely N-dealkylation sites (N-methyl/N-ethyl adjacent to an activating group) is 1. The number of hydrogen-bond acceptors (Lipinski definition) is 6. The number of hydrogen-bond donors (Lipinski definition) is 2.